The molecule has 2 aromatic rings. The van der Waals surface area contributed by atoms with E-state index in [2.05, 4.69) is 0 Å². The Morgan fingerprint density at radius 1 is 1.30 bits per heavy atom. The second kappa shape index (κ2) is 5.13. The van der Waals surface area contributed by atoms with Crippen molar-refractivity contribution in [2.24, 2.45) is 0 Å². The van der Waals surface area contributed by atoms with Gasteiger partial charge in [-0.3, -0.25) is 0 Å². The maximum Gasteiger partial charge on any atom is 0.132 e. The van der Waals surface area contributed by atoms with Gasteiger partial charge in [0.2, 0.25) is 0 Å². The topological polar surface area (TPSA) is 38.7 Å². The van der Waals surface area contributed by atoms with Gasteiger partial charge in [0.1, 0.15) is 17.3 Å². The Labute approximate surface area is 116 Å². The lowest BCUT2D eigenvalue weighted by molar-refractivity contribution is 0.126. The molecule has 0 radical (unpaired) electrons. The SMILES string of the molecule is COc1ccc(C(O)C2COc3ccccc32)c(F)c1. The fourth-order valence-electron chi connectivity index (χ4n) is 2.54. The molecule has 1 aliphatic heterocycles. The van der Waals surface area contributed by atoms with Gasteiger partial charge in [0, 0.05) is 17.2 Å². The van der Waals surface area contributed by atoms with Crippen molar-refractivity contribution in [2.45, 2.75) is 12.0 Å². The standard InChI is InChI=1S/C16H15FO3/c1-19-10-6-7-12(14(17)8-10)16(18)13-9-20-15-5-3-2-4-11(13)15/h2-8,13,16,18H,9H2,1H3. The second-order valence-electron chi connectivity index (χ2n) is 4.79. The van der Waals surface area contributed by atoms with Gasteiger partial charge in [-0.25, -0.2) is 4.39 Å². The van der Waals surface area contributed by atoms with Crippen LogP contribution in [0.1, 0.15) is 23.1 Å². The van der Waals surface area contributed by atoms with Crippen molar-refractivity contribution >= 4 is 0 Å². The molecule has 20 heavy (non-hydrogen) atoms. The first kappa shape index (κ1) is 12.9. The lowest BCUT2D eigenvalue weighted by Crippen LogP contribution is -2.13. The van der Waals surface area contributed by atoms with Crippen LogP contribution in [-0.2, 0) is 0 Å². The zero-order valence-corrected chi connectivity index (χ0v) is 11.0. The van der Waals surface area contributed by atoms with Gasteiger partial charge < -0.3 is 14.6 Å². The molecule has 2 atom stereocenters. The molecule has 1 aliphatic rings. The van der Waals surface area contributed by atoms with Crippen LogP contribution >= 0.6 is 0 Å². The smallest absolute Gasteiger partial charge is 0.132 e. The van der Waals surface area contributed by atoms with Gasteiger partial charge in [0.25, 0.3) is 0 Å². The largest absolute Gasteiger partial charge is 0.497 e. The minimum atomic E-state index is -0.940. The third-order valence-electron chi connectivity index (χ3n) is 3.64. The van der Waals surface area contributed by atoms with Crippen molar-refractivity contribution < 1.29 is 19.0 Å². The molecule has 104 valence electrons. The van der Waals surface area contributed by atoms with E-state index in [-0.39, 0.29) is 11.5 Å². The Bertz CT molecular complexity index is 627. The Morgan fingerprint density at radius 3 is 2.85 bits per heavy atom. The van der Waals surface area contributed by atoms with Crippen molar-refractivity contribution in [3.8, 4) is 11.5 Å². The van der Waals surface area contributed by atoms with Gasteiger partial charge in [-0.15, -0.1) is 0 Å². The average molecular weight is 274 g/mol. The lowest BCUT2D eigenvalue weighted by Gasteiger charge is -2.18. The van der Waals surface area contributed by atoms with E-state index in [0.717, 1.165) is 11.3 Å². The number of ether oxygens (including phenoxy) is 2. The molecule has 2 unspecified atom stereocenters. The van der Waals surface area contributed by atoms with E-state index in [9.17, 15) is 9.50 Å². The highest BCUT2D eigenvalue weighted by atomic mass is 19.1. The van der Waals surface area contributed by atoms with E-state index < -0.39 is 11.9 Å². The van der Waals surface area contributed by atoms with Crippen molar-refractivity contribution in [2.75, 3.05) is 13.7 Å². The number of rotatable bonds is 3. The number of aliphatic hydroxyl groups excluding tert-OH is 1. The van der Waals surface area contributed by atoms with Gasteiger partial charge in [0.05, 0.1) is 25.7 Å². The molecule has 4 heteroatoms. The van der Waals surface area contributed by atoms with Crippen molar-refractivity contribution in [3.63, 3.8) is 0 Å². The molecule has 1 N–H and O–H groups in total. The minimum Gasteiger partial charge on any atom is -0.497 e. The Kier molecular flexibility index (Phi) is 3.32. The van der Waals surface area contributed by atoms with E-state index >= 15 is 0 Å². The predicted molar refractivity (Wildman–Crippen MR) is 72.6 cm³/mol. The van der Waals surface area contributed by atoms with Gasteiger partial charge in [-0.1, -0.05) is 18.2 Å². The molecule has 0 amide bonds. The first-order valence-corrected chi connectivity index (χ1v) is 6.44. The number of aliphatic hydroxyl groups is 1. The zero-order valence-electron chi connectivity index (χ0n) is 11.0. The number of methoxy groups -OCH3 is 1. The molecule has 0 aromatic heterocycles. The van der Waals surface area contributed by atoms with Crippen LogP contribution in [-0.4, -0.2) is 18.8 Å². The van der Waals surface area contributed by atoms with Gasteiger partial charge in [-0.2, -0.15) is 0 Å². The van der Waals surface area contributed by atoms with Crippen LogP contribution in [0.25, 0.3) is 0 Å². The number of para-hydroxylation sites is 1. The lowest BCUT2D eigenvalue weighted by atomic mass is 9.90. The molecule has 0 saturated carbocycles. The van der Waals surface area contributed by atoms with E-state index in [4.69, 9.17) is 9.47 Å². The first-order chi connectivity index (χ1) is 9.70. The van der Waals surface area contributed by atoms with Gasteiger partial charge >= 0.3 is 0 Å². The van der Waals surface area contributed by atoms with Gasteiger partial charge in [-0.05, 0) is 18.2 Å². The summed E-state index contributed by atoms with van der Waals surface area (Å²) in [5.74, 6) is 0.460. The Morgan fingerprint density at radius 2 is 2.10 bits per heavy atom. The Balaban J connectivity index is 1.92. The summed E-state index contributed by atoms with van der Waals surface area (Å²) in [6.07, 6.45) is -0.940. The molecule has 0 fully saturated rings. The summed E-state index contributed by atoms with van der Waals surface area (Å²) < 4.78 is 24.5. The summed E-state index contributed by atoms with van der Waals surface area (Å²) in [4.78, 5) is 0. The highest BCUT2D eigenvalue weighted by molar-refractivity contribution is 5.42. The fraction of sp³-hybridized carbons (Fsp3) is 0.250. The van der Waals surface area contributed by atoms with Crippen LogP contribution in [0.4, 0.5) is 4.39 Å². The van der Waals surface area contributed by atoms with E-state index in [0.29, 0.717) is 12.4 Å². The molecular weight excluding hydrogens is 259 g/mol. The van der Waals surface area contributed by atoms with Crippen LogP contribution in [0.3, 0.4) is 0 Å². The Hall–Kier alpha value is -2.07. The van der Waals surface area contributed by atoms with Crippen LogP contribution in [0, 0.1) is 5.82 Å². The maximum absolute atomic E-state index is 14.0. The van der Waals surface area contributed by atoms with Crippen LogP contribution in [0.5, 0.6) is 11.5 Å². The first-order valence-electron chi connectivity index (χ1n) is 6.44. The summed E-state index contributed by atoms with van der Waals surface area (Å²) in [7, 11) is 1.48. The summed E-state index contributed by atoms with van der Waals surface area (Å²) in [6, 6.07) is 12.0. The third kappa shape index (κ3) is 2.12. The summed E-state index contributed by atoms with van der Waals surface area (Å²) in [6.45, 7) is 0.353. The minimum absolute atomic E-state index is 0.255. The van der Waals surface area contributed by atoms with E-state index in [1.807, 2.05) is 24.3 Å². The van der Waals surface area contributed by atoms with Crippen LogP contribution in [0.2, 0.25) is 0 Å². The molecule has 3 rings (SSSR count). The van der Waals surface area contributed by atoms with Crippen molar-refractivity contribution in [1.82, 2.24) is 0 Å². The molecule has 0 bridgehead atoms. The quantitative estimate of drug-likeness (QED) is 0.935. The molecule has 3 nitrogen and oxygen atoms in total. The van der Waals surface area contributed by atoms with Crippen molar-refractivity contribution in [1.29, 1.82) is 0 Å². The highest BCUT2D eigenvalue weighted by Crippen LogP contribution is 2.41. The maximum atomic E-state index is 14.0. The van der Waals surface area contributed by atoms with Gasteiger partial charge in [0.15, 0.2) is 0 Å². The average Bonchev–Trinajstić information content (AvgIpc) is 2.90. The molecule has 1 heterocycles. The monoisotopic (exact) mass is 274 g/mol. The molecule has 0 spiro atoms. The summed E-state index contributed by atoms with van der Waals surface area (Å²) >= 11 is 0. The number of fused-ring (bicyclic) bond motifs is 1. The number of halogens is 1. The zero-order chi connectivity index (χ0) is 14.1. The van der Waals surface area contributed by atoms with E-state index in [1.165, 1.54) is 13.2 Å². The van der Waals surface area contributed by atoms with Crippen molar-refractivity contribution in [3.05, 3.63) is 59.4 Å². The second-order valence-corrected chi connectivity index (χ2v) is 4.79. The van der Waals surface area contributed by atoms with Crippen LogP contribution < -0.4 is 9.47 Å². The highest BCUT2D eigenvalue weighted by Gasteiger charge is 2.32. The normalized spacial score (nSPS) is 18.2. The number of hydrogen-bond donors (Lipinski definition) is 1. The third-order valence-corrected chi connectivity index (χ3v) is 3.64. The number of benzene rings is 2. The molecule has 0 saturated heterocycles. The van der Waals surface area contributed by atoms with Crippen LogP contribution in [0.15, 0.2) is 42.5 Å². The van der Waals surface area contributed by atoms with E-state index in [1.54, 1.807) is 12.1 Å². The number of hydrogen-bond acceptors (Lipinski definition) is 3. The molecule has 0 aliphatic carbocycles. The fourth-order valence-corrected chi connectivity index (χ4v) is 2.54. The molecular formula is C16H15FO3. The summed E-state index contributed by atoms with van der Waals surface area (Å²) in [5.41, 5.74) is 1.17. The summed E-state index contributed by atoms with van der Waals surface area (Å²) in [5, 5.41) is 10.5. The molecule has 2 aromatic carbocycles. The predicted octanol–water partition coefficient (Wildman–Crippen LogP) is 3.04.